The van der Waals surface area contributed by atoms with Crippen LogP contribution in [0.4, 0.5) is 0 Å². The first-order chi connectivity index (χ1) is 12.2. The highest BCUT2D eigenvalue weighted by atomic mass is 35.5. The van der Waals surface area contributed by atoms with Gasteiger partial charge in [0.15, 0.2) is 6.79 Å². The lowest BCUT2D eigenvalue weighted by atomic mass is 10.1. The third-order valence-electron chi connectivity index (χ3n) is 4.10. The van der Waals surface area contributed by atoms with Crippen molar-refractivity contribution in [1.82, 2.24) is 0 Å². The van der Waals surface area contributed by atoms with E-state index in [0.717, 1.165) is 21.9 Å². The lowest BCUT2D eigenvalue weighted by Crippen LogP contribution is -2.14. The first-order valence-electron chi connectivity index (χ1n) is 7.88. The number of ether oxygens (including phenoxy) is 3. The molecule has 0 aliphatic carbocycles. The predicted molar refractivity (Wildman–Crippen MR) is 94.8 cm³/mol. The number of carbonyl (C=O) groups is 1. The Morgan fingerprint density at radius 2 is 1.92 bits per heavy atom. The highest BCUT2D eigenvalue weighted by molar-refractivity contribution is 6.30. The second-order valence-electron chi connectivity index (χ2n) is 5.80. The molecule has 0 N–H and O–H groups in total. The Bertz CT molecular complexity index is 952. The maximum Gasteiger partial charge on any atom is 0.338 e. The van der Waals surface area contributed by atoms with Crippen molar-refractivity contribution in [1.29, 1.82) is 0 Å². The molecule has 0 spiro atoms. The van der Waals surface area contributed by atoms with E-state index < -0.39 is 0 Å². The molecule has 3 aromatic rings. The number of hydrogen-bond acceptors (Lipinski definition) is 4. The summed E-state index contributed by atoms with van der Waals surface area (Å²) in [5, 5.41) is 2.64. The fourth-order valence-electron chi connectivity index (χ4n) is 2.91. The number of hydrogen-bond donors (Lipinski definition) is 0. The molecule has 0 amide bonds. The van der Waals surface area contributed by atoms with Gasteiger partial charge in [-0.3, -0.25) is 0 Å². The molecule has 5 heteroatoms. The molecule has 0 aromatic heterocycles. The molecule has 25 heavy (non-hydrogen) atoms. The zero-order valence-corrected chi connectivity index (χ0v) is 14.1. The van der Waals surface area contributed by atoms with Crippen molar-refractivity contribution < 1.29 is 19.0 Å². The molecule has 1 aliphatic rings. The van der Waals surface area contributed by atoms with Gasteiger partial charge in [0.05, 0.1) is 12.2 Å². The molecule has 1 heterocycles. The van der Waals surface area contributed by atoms with E-state index in [4.69, 9.17) is 25.8 Å². The topological polar surface area (TPSA) is 44.8 Å². The van der Waals surface area contributed by atoms with Crippen LogP contribution in [0, 0.1) is 0 Å². The van der Waals surface area contributed by atoms with Gasteiger partial charge >= 0.3 is 5.97 Å². The maximum absolute atomic E-state index is 12.4. The summed E-state index contributed by atoms with van der Waals surface area (Å²) >= 11 is 6.13. The van der Waals surface area contributed by atoms with Crippen molar-refractivity contribution >= 4 is 28.3 Å². The first-order valence-corrected chi connectivity index (χ1v) is 8.26. The zero-order chi connectivity index (χ0) is 17.2. The molecule has 0 bridgehead atoms. The molecule has 0 atom stereocenters. The minimum atomic E-state index is -0.383. The molecule has 1 aliphatic heterocycles. The maximum atomic E-state index is 12.4. The third kappa shape index (κ3) is 3.31. The van der Waals surface area contributed by atoms with E-state index in [1.54, 1.807) is 18.2 Å². The van der Waals surface area contributed by atoms with E-state index in [9.17, 15) is 4.79 Å². The van der Waals surface area contributed by atoms with Gasteiger partial charge < -0.3 is 14.2 Å². The Morgan fingerprint density at radius 1 is 1.08 bits per heavy atom. The van der Waals surface area contributed by atoms with Crippen molar-refractivity contribution in [2.75, 3.05) is 6.79 Å². The van der Waals surface area contributed by atoms with Gasteiger partial charge in [-0.15, -0.1) is 0 Å². The third-order valence-corrected chi connectivity index (χ3v) is 4.31. The van der Waals surface area contributed by atoms with Gasteiger partial charge in [0, 0.05) is 16.1 Å². The summed E-state index contributed by atoms with van der Waals surface area (Å²) in [4.78, 5) is 12.4. The number of benzene rings is 3. The molecule has 4 rings (SSSR count). The van der Waals surface area contributed by atoms with Crippen molar-refractivity contribution in [3.8, 4) is 5.75 Å². The Balaban J connectivity index is 1.54. The normalized spacial score (nSPS) is 13.2. The average Bonchev–Trinajstić information content (AvgIpc) is 2.65. The van der Waals surface area contributed by atoms with Gasteiger partial charge in [0.25, 0.3) is 0 Å². The zero-order valence-electron chi connectivity index (χ0n) is 13.3. The molecule has 0 unspecified atom stereocenters. The number of esters is 1. The molecular formula is C20H15ClO4. The van der Waals surface area contributed by atoms with Crippen LogP contribution in [0.15, 0.2) is 54.6 Å². The smallest absolute Gasteiger partial charge is 0.338 e. The number of rotatable bonds is 3. The van der Waals surface area contributed by atoms with E-state index in [0.29, 0.717) is 22.9 Å². The summed E-state index contributed by atoms with van der Waals surface area (Å²) in [7, 11) is 0. The molecule has 3 aromatic carbocycles. The molecule has 4 nitrogen and oxygen atoms in total. The highest BCUT2D eigenvalue weighted by Gasteiger charge is 2.18. The second-order valence-corrected chi connectivity index (χ2v) is 6.24. The van der Waals surface area contributed by atoms with Crippen molar-refractivity contribution in [2.24, 2.45) is 0 Å². The van der Waals surface area contributed by atoms with Crippen LogP contribution < -0.4 is 4.74 Å². The summed E-state index contributed by atoms with van der Waals surface area (Å²) in [5.74, 6) is 0.300. The van der Waals surface area contributed by atoms with Crippen molar-refractivity contribution in [3.63, 3.8) is 0 Å². The summed E-state index contributed by atoms with van der Waals surface area (Å²) in [6, 6.07) is 16.9. The lowest BCUT2D eigenvalue weighted by Gasteiger charge is -2.21. The van der Waals surface area contributed by atoms with Gasteiger partial charge in [0.2, 0.25) is 0 Å². The number of carbonyl (C=O) groups excluding carboxylic acids is 1. The highest BCUT2D eigenvalue weighted by Crippen LogP contribution is 2.32. The average molecular weight is 355 g/mol. The molecule has 126 valence electrons. The summed E-state index contributed by atoms with van der Waals surface area (Å²) in [5.41, 5.74) is 2.11. The van der Waals surface area contributed by atoms with Gasteiger partial charge in [-0.1, -0.05) is 41.9 Å². The lowest BCUT2D eigenvalue weighted by molar-refractivity contribution is -0.0180. The largest absolute Gasteiger partial charge is 0.467 e. The monoisotopic (exact) mass is 354 g/mol. The molecule has 0 radical (unpaired) electrons. The Kier molecular flexibility index (Phi) is 4.30. The van der Waals surface area contributed by atoms with Crippen LogP contribution in [0.3, 0.4) is 0 Å². The van der Waals surface area contributed by atoms with Crippen LogP contribution in [-0.2, 0) is 22.7 Å². The quantitative estimate of drug-likeness (QED) is 0.638. The fraction of sp³-hybridized carbons (Fsp3) is 0.150. The number of fused-ring (bicyclic) bond motifs is 2. The minimum Gasteiger partial charge on any atom is -0.467 e. The van der Waals surface area contributed by atoms with E-state index in [1.165, 1.54) is 0 Å². The van der Waals surface area contributed by atoms with Crippen LogP contribution in [0.1, 0.15) is 21.5 Å². The SMILES string of the molecule is O=C(OCc1cc(Cl)cc2c1OCOC2)c1ccc2ccccc2c1. The fourth-order valence-corrected chi connectivity index (χ4v) is 3.17. The van der Waals surface area contributed by atoms with Crippen LogP contribution in [0.25, 0.3) is 10.8 Å². The van der Waals surface area contributed by atoms with E-state index >= 15 is 0 Å². The first kappa shape index (κ1) is 15.9. The van der Waals surface area contributed by atoms with Crippen molar-refractivity contribution in [2.45, 2.75) is 13.2 Å². The Morgan fingerprint density at radius 3 is 2.80 bits per heavy atom. The standard InChI is InChI=1S/C20H15ClO4/c21-18-8-16-10-23-12-25-19(16)17(9-18)11-24-20(22)15-6-5-13-3-1-2-4-14(13)7-15/h1-9H,10-12H2. The second kappa shape index (κ2) is 6.75. The van der Waals surface area contributed by atoms with Crippen LogP contribution >= 0.6 is 11.6 Å². The number of halogens is 1. The van der Waals surface area contributed by atoms with E-state index in [1.807, 2.05) is 36.4 Å². The minimum absolute atomic E-state index is 0.0918. The summed E-state index contributed by atoms with van der Waals surface area (Å²) in [6.07, 6.45) is 0. The van der Waals surface area contributed by atoms with Gasteiger partial charge in [-0.25, -0.2) is 4.79 Å². The Labute approximate surface area is 149 Å². The predicted octanol–water partition coefficient (Wildman–Crippen LogP) is 4.72. The van der Waals surface area contributed by atoms with Gasteiger partial charge in [-0.2, -0.15) is 0 Å². The Hall–Kier alpha value is -2.56. The van der Waals surface area contributed by atoms with Crippen molar-refractivity contribution in [3.05, 3.63) is 76.3 Å². The van der Waals surface area contributed by atoms with Crippen LogP contribution in [0.2, 0.25) is 5.02 Å². The van der Waals surface area contributed by atoms with E-state index in [-0.39, 0.29) is 19.4 Å². The van der Waals surface area contributed by atoms with Gasteiger partial charge in [-0.05, 0) is 35.0 Å². The summed E-state index contributed by atoms with van der Waals surface area (Å²) < 4.78 is 16.3. The van der Waals surface area contributed by atoms with Crippen LogP contribution in [0.5, 0.6) is 5.75 Å². The molecular weight excluding hydrogens is 340 g/mol. The molecule has 0 saturated carbocycles. The summed E-state index contributed by atoms with van der Waals surface area (Å²) in [6.45, 7) is 0.705. The van der Waals surface area contributed by atoms with Gasteiger partial charge in [0.1, 0.15) is 12.4 Å². The molecule has 0 fully saturated rings. The molecule has 0 saturated heterocycles. The van der Waals surface area contributed by atoms with E-state index in [2.05, 4.69) is 0 Å². The van der Waals surface area contributed by atoms with Crippen LogP contribution in [-0.4, -0.2) is 12.8 Å².